The average Bonchev–Trinajstić information content (AvgIpc) is 3.19. The second-order valence-corrected chi connectivity index (χ2v) is 8.34. The van der Waals surface area contributed by atoms with Gasteiger partial charge in [0, 0.05) is 26.1 Å². The largest absolute Gasteiger partial charge is 0.348 e. The number of likely N-dealkylation sites (tertiary alicyclic amines) is 1. The molecule has 31 heavy (non-hydrogen) atoms. The number of carbonyl (C=O) groups excluding carboxylic acids is 2. The lowest BCUT2D eigenvalue weighted by Crippen LogP contribution is -2.23. The molecule has 4 rings (SSSR count). The van der Waals surface area contributed by atoms with Gasteiger partial charge in [0.05, 0.1) is 15.6 Å². The zero-order valence-corrected chi connectivity index (χ0v) is 18.4. The number of carbonyl (C=O) groups is 2. The first-order valence-electron chi connectivity index (χ1n) is 10.2. The molecule has 1 fully saturated rings. The Morgan fingerprint density at radius 2 is 1.74 bits per heavy atom. The van der Waals surface area contributed by atoms with Crippen LogP contribution in [-0.4, -0.2) is 23.3 Å². The number of nitrogens with zero attached hydrogens (tertiary/aromatic N) is 1. The van der Waals surface area contributed by atoms with Crippen molar-refractivity contribution in [2.24, 2.45) is 0 Å². The zero-order valence-electron chi connectivity index (χ0n) is 16.9. The fourth-order valence-corrected chi connectivity index (χ4v) is 4.17. The fourth-order valence-electron chi connectivity index (χ4n) is 3.79. The lowest BCUT2D eigenvalue weighted by molar-refractivity contribution is -0.128. The summed E-state index contributed by atoms with van der Waals surface area (Å²) in [6.07, 6.45) is 1.59. The molecule has 4 nitrogen and oxygen atoms in total. The van der Waals surface area contributed by atoms with Crippen molar-refractivity contribution in [2.45, 2.75) is 25.9 Å². The van der Waals surface area contributed by atoms with E-state index in [-0.39, 0.29) is 16.8 Å². The first-order valence-corrected chi connectivity index (χ1v) is 11.0. The lowest BCUT2D eigenvalue weighted by Gasteiger charge is -2.16. The molecule has 1 aliphatic rings. The summed E-state index contributed by atoms with van der Waals surface area (Å²) < 4.78 is 0. The number of hydrogen-bond donors (Lipinski definition) is 1. The molecule has 1 heterocycles. The van der Waals surface area contributed by atoms with Crippen LogP contribution in [0.25, 0.3) is 11.1 Å². The summed E-state index contributed by atoms with van der Waals surface area (Å²) in [5, 5.41) is 3.54. The van der Waals surface area contributed by atoms with E-state index in [1.165, 1.54) is 0 Å². The van der Waals surface area contributed by atoms with Crippen LogP contribution in [0.5, 0.6) is 0 Å². The third kappa shape index (κ3) is 4.92. The van der Waals surface area contributed by atoms with Crippen molar-refractivity contribution in [3.05, 3.63) is 93.5 Å². The normalized spacial score (nSPS) is 13.5. The van der Waals surface area contributed by atoms with Gasteiger partial charge in [0.15, 0.2) is 0 Å². The van der Waals surface area contributed by atoms with Crippen LogP contribution in [0.4, 0.5) is 0 Å². The quantitative estimate of drug-likeness (QED) is 0.520. The van der Waals surface area contributed by atoms with Crippen LogP contribution in [0, 0.1) is 0 Å². The first kappa shape index (κ1) is 21.4. The molecule has 158 valence electrons. The van der Waals surface area contributed by atoms with Gasteiger partial charge in [-0.2, -0.15) is 0 Å². The molecule has 3 aromatic carbocycles. The van der Waals surface area contributed by atoms with E-state index in [0.717, 1.165) is 35.2 Å². The van der Waals surface area contributed by atoms with E-state index in [9.17, 15) is 9.59 Å². The molecule has 0 aromatic heterocycles. The molecule has 1 N–H and O–H groups in total. The molecule has 0 spiro atoms. The maximum Gasteiger partial charge on any atom is 0.253 e. The summed E-state index contributed by atoms with van der Waals surface area (Å²) in [4.78, 5) is 26.3. The number of halogens is 2. The van der Waals surface area contributed by atoms with Crippen molar-refractivity contribution in [1.82, 2.24) is 10.2 Å². The van der Waals surface area contributed by atoms with E-state index in [0.29, 0.717) is 30.1 Å². The van der Waals surface area contributed by atoms with Crippen molar-refractivity contribution in [1.29, 1.82) is 0 Å². The molecule has 1 saturated heterocycles. The molecule has 0 atom stereocenters. The monoisotopic (exact) mass is 452 g/mol. The molecule has 3 aromatic rings. The minimum Gasteiger partial charge on any atom is -0.348 e. The second kappa shape index (κ2) is 9.54. The standard InChI is InChI=1S/C25H22Cl2N2O2/c26-22-8-3-7-21(24(22)27)25(31)28-15-19-5-1-2-6-20(19)18-12-10-17(11-13-18)16-29-14-4-9-23(29)30/h1-3,5-8,10-13H,4,9,14-16H2,(H,28,31). The molecule has 2 amide bonds. The van der Waals surface area contributed by atoms with E-state index in [4.69, 9.17) is 23.2 Å². The zero-order chi connectivity index (χ0) is 21.8. The Balaban J connectivity index is 1.47. The van der Waals surface area contributed by atoms with E-state index in [1.54, 1.807) is 18.2 Å². The van der Waals surface area contributed by atoms with Gasteiger partial charge in [-0.25, -0.2) is 0 Å². The molecule has 0 bridgehead atoms. The number of nitrogens with one attached hydrogen (secondary N) is 1. The van der Waals surface area contributed by atoms with Gasteiger partial charge >= 0.3 is 0 Å². The van der Waals surface area contributed by atoms with Crippen LogP contribution in [-0.2, 0) is 17.9 Å². The van der Waals surface area contributed by atoms with Crippen molar-refractivity contribution < 1.29 is 9.59 Å². The highest BCUT2D eigenvalue weighted by molar-refractivity contribution is 6.43. The number of hydrogen-bond acceptors (Lipinski definition) is 2. The third-order valence-corrected chi connectivity index (χ3v) is 6.28. The van der Waals surface area contributed by atoms with Crippen molar-refractivity contribution in [3.8, 4) is 11.1 Å². The van der Waals surface area contributed by atoms with Crippen molar-refractivity contribution in [3.63, 3.8) is 0 Å². The van der Waals surface area contributed by atoms with Gasteiger partial charge in [0.25, 0.3) is 5.91 Å². The Labute approximate surface area is 191 Å². The highest BCUT2D eigenvalue weighted by Gasteiger charge is 2.20. The van der Waals surface area contributed by atoms with Gasteiger partial charge in [-0.05, 0) is 40.8 Å². The minimum atomic E-state index is -0.270. The summed E-state index contributed by atoms with van der Waals surface area (Å²) in [6, 6.07) is 21.2. The summed E-state index contributed by atoms with van der Waals surface area (Å²) in [6.45, 7) is 1.85. The summed E-state index contributed by atoms with van der Waals surface area (Å²) >= 11 is 12.2. The van der Waals surface area contributed by atoms with E-state index < -0.39 is 0 Å². The topological polar surface area (TPSA) is 49.4 Å². The first-order chi connectivity index (χ1) is 15.0. The van der Waals surface area contributed by atoms with Gasteiger partial charge in [-0.15, -0.1) is 0 Å². The van der Waals surface area contributed by atoms with Crippen LogP contribution >= 0.6 is 23.2 Å². The molecule has 6 heteroatoms. The minimum absolute atomic E-state index is 0.227. The summed E-state index contributed by atoms with van der Waals surface area (Å²) in [5.74, 6) is -0.0436. The summed E-state index contributed by atoms with van der Waals surface area (Å²) in [5.41, 5.74) is 4.57. The molecular weight excluding hydrogens is 431 g/mol. The van der Waals surface area contributed by atoms with Gasteiger partial charge in [-0.1, -0.05) is 77.8 Å². The van der Waals surface area contributed by atoms with Gasteiger partial charge in [0.2, 0.25) is 5.91 Å². The van der Waals surface area contributed by atoms with Gasteiger partial charge in [-0.3, -0.25) is 9.59 Å². The van der Waals surface area contributed by atoms with Crippen LogP contribution in [0.2, 0.25) is 10.0 Å². The molecule has 0 saturated carbocycles. The van der Waals surface area contributed by atoms with Gasteiger partial charge < -0.3 is 10.2 Å². The van der Waals surface area contributed by atoms with Crippen LogP contribution in [0.3, 0.4) is 0 Å². The predicted molar refractivity (Wildman–Crippen MR) is 124 cm³/mol. The highest BCUT2D eigenvalue weighted by atomic mass is 35.5. The van der Waals surface area contributed by atoms with E-state index in [1.807, 2.05) is 29.2 Å². The van der Waals surface area contributed by atoms with Crippen LogP contribution < -0.4 is 5.32 Å². The molecule has 0 radical (unpaired) electrons. The molecular formula is C25H22Cl2N2O2. The average molecular weight is 453 g/mol. The Morgan fingerprint density at radius 1 is 0.968 bits per heavy atom. The van der Waals surface area contributed by atoms with E-state index in [2.05, 4.69) is 29.6 Å². The van der Waals surface area contributed by atoms with Crippen molar-refractivity contribution in [2.75, 3.05) is 6.54 Å². The third-order valence-electron chi connectivity index (χ3n) is 5.46. The maximum atomic E-state index is 12.6. The highest BCUT2D eigenvalue weighted by Crippen LogP contribution is 2.27. The number of amides is 2. The van der Waals surface area contributed by atoms with Crippen LogP contribution in [0.15, 0.2) is 66.7 Å². The van der Waals surface area contributed by atoms with Crippen molar-refractivity contribution >= 4 is 35.0 Å². The smallest absolute Gasteiger partial charge is 0.253 e. The number of rotatable bonds is 6. The Bertz CT molecular complexity index is 1110. The van der Waals surface area contributed by atoms with E-state index >= 15 is 0 Å². The maximum absolute atomic E-state index is 12.6. The second-order valence-electron chi connectivity index (χ2n) is 7.56. The Hall–Kier alpha value is -2.82. The lowest BCUT2D eigenvalue weighted by atomic mass is 9.98. The predicted octanol–water partition coefficient (Wildman–Crippen LogP) is 5.71. The molecule has 1 aliphatic heterocycles. The number of benzene rings is 3. The molecule has 0 unspecified atom stereocenters. The molecule has 0 aliphatic carbocycles. The Kier molecular flexibility index (Phi) is 6.59. The SMILES string of the molecule is O=C(NCc1ccccc1-c1ccc(CN2CCCC2=O)cc1)c1cccc(Cl)c1Cl. The van der Waals surface area contributed by atoms with Gasteiger partial charge in [0.1, 0.15) is 0 Å². The van der Waals surface area contributed by atoms with Crippen LogP contribution in [0.1, 0.15) is 34.3 Å². The fraction of sp³-hybridized carbons (Fsp3) is 0.200. The summed E-state index contributed by atoms with van der Waals surface area (Å²) in [7, 11) is 0. The Morgan fingerprint density at radius 3 is 2.48 bits per heavy atom.